The molecule has 0 N–H and O–H groups in total. The Morgan fingerprint density at radius 2 is 0.628 bits per heavy atom. The predicted molar refractivity (Wildman–Crippen MR) is 159 cm³/mol. The molecule has 43 heavy (non-hydrogen) atoms. The number of carboxylic acid groups (broad SMARTS) is 3. The van der Waals surface area contributed by atoms with Crippen LogP contribution < -0.4 is 29.5 Å². The second-order valence-corrected chi connectivity index (χ2v) is 11.4. The second-order valence-electron chi connectivity index (χ2n) is 10.1. The van der Waals surface area contributed by atoms with E-state index in [1.54, 1.807) is 72.8 Å². The number of carbonyl (C=O) groups is 3. The topological polar surface area (TPSA) is 148 Å². The number of hydrogen-bond acceptors (Lipinski definition) is 9. The summed E-state index contributed by atoms with van der Waals surface area (Å²) in [5, 5.41) is 33.6. The zero-order valence-electron chi connectivity index (χ0n) is 24.3. The number of ether oxygens (including phenoxy) is 3. The number of carbonyl (C=O) groups excluding carboxylic acids is 3. The molecule has 0 spiro atoms. The summed E-state index contributed by atoms with van der Waals surface area (Å²) < 4.78 is 15.6. The van der Waals surface area contributed by atoms with Crippen LogP contribution in [0.1, 0.15) is 41.5 Å². The predicted octanol–water partition coefficient (Wildman–Crippen LogP) is 3.36. The molecule has 0 radical (unpaired) electrons. The summed E-state index contributed by atoms with van der Waals surface area (Å²) in [6.45, 7) is 8.57. The molecule has 0 saturated carbocycles. The standard InChI is InChI=1S/3C10H11ClO3.Al/c3*1-10(2,9(12)13)14-8-5-3-7(11)4-6-8;/h3*3-6H,1-2H3,(H,12,13);/q;;;+3/p-3. The Morgan fingerprint density at radius 3 is 0.767 bits per heavy atom. The van der Waals surface area contributed by atoms with Crippen molar-refractivity contribution in [1.82, 2.24) is 0 Å². The van der Waals surface area contributed by atoms with Crippen molar-refractivity contribution in [3.8, 4) is 17.2 Å². The molecule has 0 heterocycles. The van der Waals surface area contributed by atoms with Gasteiger partial charge in [0, 0.05) is 15.1 Å². The summed E-state index contributed by atoms with van der Waals surface area (Å²) in [6, 6.07) is 19.4. The van der Waals surface area contributed by atoms with Crippen LogP contribution in [-0.4, -0.2) is 52.1 Å². The summed E-state index contributed by atoms with van der Waals surface area (Å²) in [6.07, 6.45) is 0. The van der Waals surface area contributed by atoms with Crippen LogP contribution in [0, 0.1) is 0 Å². The van der Waals surface area contributed by atoms with Gasteiger partial charge in [-0.05, 0) is 114 Å². The van der Waals surface area contributed by atoms with Crippen LogP contribution in [0.3, 0.4) is 0 Å². The molecule has 3 rings (SSSR count). The number of carboxylic acids is 3. The first-order valence-corrected chi connectivity index (χ1v) is 13.4. The Morgan fingerprint density at radius 1 is 0.465 bits per heavy atom. The van der Waals surface area contributed by atoms with Gasteiger partial charge in [-0.3, -0.25) is 0 Å². The SMILES string of the molecule is CC(C)(Oc1ccc(Cl)cc1)C(=O)[O-].CC(C)(Oc1ccc(Cl)cc1)C(=O)[O-].CC(C)(Oc1ccc(Cl)cc1)C(=O)[O-].[Al+3]. The number of benzene rings is 3. The Balaban J connectivity index is 0.000000608. The van der Waals surface area contributed by atoms with Crippen LogP contribution in [0.25, 0.3) is 0 Å². The summed E-state index contributed by atoms with van der Waals surface area (Å²) in [5.74, 6) is -2.43. The molecular formula is C30H30AlCl3O9. The van der Waals surface area contributed by atoms with Crippen molar-refractivity contribution in [2.75, 3.05) is 0 Å². The normalized spacial score (nSPS) is 10.8. The molecule has 0 unspecified atom stereocenters. The van der Waals surface area contributed by atoms with Crippen molar-refractivity contribution in [1.29, 1.82) is 0 Å². The molecule has 0 bridgehead atoms. The molecule has 0 amide bonds. The average Bonchev–Trinajstić information content (AvgIpc) is 2.88. The maximum atomic E-state index is 10.6. The summed E-state index contributed by atoms with van der Waals surface area (Å²) in [7, 11) is 0. The molecule has 3 aromatic carbocycles. The van der Waals surface area contributed by atoms with Crippen LogP contribution >= 0.6 is 34.8 Å². The Bertz CT molecular complexity index is 1160. The van der Waals surface area contributed by atoms with E-state index in [1.807, 2.05) is 0 Å². The van der Waals surface area contributed by atoms with Gasteiger partial charge in [0.05, 0.1) is 17.9 Å². The van der Waals surface area contributed by atoms with E-state index in [0.717, 1.165) is 0 Å². The Labute approximate surface area is 276 Å². The smallest absolute Gasteiger partial charge is 0.546 e. The molecule has 0 aliphatic carbocycles. The van der Waals surface area contributed by atoms with Gasteiger partial charge in [-0.2, -0.15) is 0 Å². The Hall–Kier alpha value is -3.13. The van der Waals surface area contributed by atoms with Crippen molar-refractivity contribution in [2.45, 2.75) is 58.3 Å². The van der Waals surface area contributed by atoms with E-state index in [1.165, 1.54) is 41.5 Å². The van der Waals surface area contributed by atoms with Crippen LogP contribution in [0.2, 0.25) is 15.1 Å². The van der Waals surface area contributed by atoms with Gasteiger partial charge in [0.25, 0.3) is 0 Å². The van der Waals surface area contributed by atoms with Crippen molar-refractivity contribution in [3.05, 3.63) is 87.9 Å². The fourth-order valence-corrected chi connectivity index (χ4v) is 2.89. The summed E-state index contributed by atoms with van der Waals surface area (Å²) in [5.41, 5.74) is -4.02. The monoisotopic (exact) mass is 666 g/mol. The van der Waals surface area contributed by atoms with Crippen LogP contribution in [0.4, 0.5) is 0 Å². The number of hydrogen-bond donors (Lipinski definition) is 0. The number of halogens is 3. The summed E-state index contributed by atoms with van der Waals surface area (Å²) in [4.78, 5) is 31.9. The molecule has 0 saturated heterocycles. The van der Waals surface area contributed by atoms with E-state index in [-0.39, 0.29) is 17.4 Å². The molecule has 228 valence electrons. The third-order valence-electron chi connectivity index (χ3n) is 5.03. The minimum Gasteiger partial charge on any atom is -0.546 e. The van der Waals surface area contributed by atoms with E-state index in [2.05, 4.69) is 0 Å². The quantitative estimate of drug-likeness (QED) is 0.313. The van der Waals surface area contributed by atoms with E-state index in [0.29, 0.717) is 32.3 Å². The van der Waals surface area contributed by atoms with Gasteiger partial charge in [-0.15, -0.1) is 0 Å². The van der Waals surface area contributed by atoms with Gasteiger partial charge >= 0.3 is 17.4 Å². The van der Waals surface area contributed by atoms with Gasteiger partial charge in [-0.25, -0.2) is 0 Å². The zero-order chi connectivity index (χ0) is 32.3. The molecule has 0 atom stereocenters. The maximum Gasteiger partial charge on any atom is 3.00 e. The largest absolute Gasteiger partial charge is 3.00 e. The van der Waals surface area contributed by atoms with Crippen molar-refractivity contribution in [3.63, 3.8) is 0 Å². The maximum absolute atomic E-state index is 10.6. The van der Waals surface area contributed by atoms with Crippen molar-refractivity contribution >= 4 is 70.1 Å². The molecule has 9 nitrogen and oxygen atoms in total. The third kappa shape index (κ3) is 14.7. The van der Waals surface area contributed by atoms with Gasteiger partial charge in [-0.1, -0.05) is 34.8 Å². The van der Waals surface area contributed by atoms with Gasteiger partial charge in [0.15, 0.2) is 0 Å². The second kappa shape index (κ2) is 17.2. The van der Waals surface area contributed by atoms with Crippen molar-refractivity contribution < 1.29 is 43.9 Å². The van der Waals surface area contributed by atoms with E-state index in [4.69, 9.17) is 49.0 Å². The molecule has 0 fully saturated rings. The fraction of sp³-hybridized carbons (Fsp3) is 0.300. The molecule has 13 heteroatoms. The number of aliphatic carboxylic acids is 3. The van der Waals surface area contributed by atoms with E-state index >= 15 is 0 Å². The van der Waals surface area contributed by atoms with Gasteiger partial charge in [0.1, 0.15) is 34.1 Å². The summed E-state index contributed by atoms with van der Waals surface area (Å²) >= 11 is 17.0. The first-order chi connectivity index (χ1) is 19.2. The van der Waals surface area contributed by atoms with Gasteiger partial charge in [0.2, 0.25) is 0 Å². The minimum absolute atomic E-state index is 0. The first kappa shape index (κ1) is 39.9. The zero-order valence-corrected chi connectivity index (χ0v) is 27.7. The van der Waals surface area contributed by atoms with Crippen LogP contribution in [0.15, 0.2) is 72.8 Å². The number of rotatable bonds is 9. The molecule has 0 aliphatic rings. The average molecular weight is 668 g/mol. The molecule has 0 aromatic heterocycles. The minimum atomic E-state index is -1.34. The van der Waals surface area contributed by atoms with E-state index in [9.17, 15) is 29.7 Å². The molecular weight excluding hydrogens is 638 g/mol. The molecule has 0 aliphatic heterocycles. The van der Waals surface area contributed by atoms with Crippen LogP contribution in [-0.2, 0) is 14.4 Å². The fourth-order valence-electron chi connectivity index (χ4n) is 2.52. The third-order valence-corrected chi connectivity index (χ3v) is 5.79. The van der Waals surface area contributed by atoms with Crippen molar-refractivity contribution in [2.24, 2.45) is 0 Å². The molecule has 3 aromatic rings. The Kier molecular flexibility index (Phi) is 16.0. The van der Waals surface area contributed by atoms with Gasteiger partial charge < -0.3 is 43.9 Å². The first-order valence-electron chi connectivity index (χ1n) is 12.2. The van der Waals surface area contributed by atoms with E-state index < -0.39 is 34.7 Å². The van der Waals surface area contributed by atoms with Crippen LogP contribution in [0.5, 0.6) is 17.2 Å².